The van der Waals surface area contributed by atoms with Crippen molar-refractivity contribution in [3.63, 3.8) is 0 Å². The summed E-state index contributed by atoms with van der Waals surface area (Å²) in [7, 11) is 0. The van der Waals surface area contributed by atoms with Crippen LogP contribution in [0.4, 0.5) is 0 Å². The van der Waals surface area contributed by atoms with Gasteiger partial charge in [0.15, 0.2) is 24.7 Å². The normalized spacial score (nSPS) is 52.8. The molecule has 8 rings (SSSR count). The number of rotatable bonds is 17. The van der Waals surface area contributed by atoms with E-state index in [9.17, 15) is 76.7 Å². The minimum atomic E-state index is -1.84. The monoisotopic (exact) mass is 1140 g/mol. The lowest BCUT2D eigenvalue weighted by atomic mass is 9.34. The molecule has 0 radical (unpaired) electrons. The first-order chi connectivity index (χ1) is 36.7. The third kappa shape index (κ3) is 10.7. The number of hydrogen-bond donors (Lipinski definition) is 15. The Morgan fingerprint density at radius 3 is 1.73 bits per heavy atom. The highest BCUT2D eigenvalue weighted by atomic mass is 17.1. The van der Waals surface area contributed by atoms with Crippen LogP contribution in [0.15, 0.2) is 12.2 Å². The first kappa shape index (κ1) is 63.8. The second-order valence-corrected chi connectivity index (χ2v) is 26.9. The van der Waals surface area contributed by atoms with Crippen LogP contribution in [0, 0.1) is 44.8 Å². The third-order valence-electron chi connectivity index (χ3n) is 21.8. The van der Waals surface area contributed by atoms with E-state index < -0.39 is 188 Å². The van der Waals surface area contributed by atoms with Crippen molar-refractivity contribution in [2.24, 2.45) is 44.8 Å². The molecule has 8 fully saturated rings. The summed E-state index contributed by atoms with van der Waals surface area (Å²) < 4.78 is 49.4. The van der Waals surface area contributed by atoms with Gasteiger partial charge in [-0.05, 0) is 118 Å². The van der Waals surface area contributed by atoms with Gasteiger partial charge >= 0.3 is 0 Å². The summed E-state index contributed by atoms with van der Waals surface area (Å²) in [6.07, 6.45) is -22.0. The predicted molar refractivity (Wildman–Crippen MR) is 272 cm³/mol. The van der Waals surface area contributed by atoms with E-state index in [1.54, 1.807) is 26.0 Å². The molecule has 24 nitrogen and oxygen atoms in total. The van der Waals surface area contributed by atoms with Crippen molar-refractivity contribution >= 4 is 0 Å². The number of aliphatic hydroxyl groups excluding tert-OH is 14. The van der Waals surface area contributed by atoms with E-state index in [1.807, 2.05) is 6.92 Å². The van der Waals surface area contributed by atoms with Crippen molar-refractivity contribution in [3.8, 4) is 0 Å². The predicted octanol–water partition coefficient (Wildman–Crippen LogP) is -1.32. The highest BCUT2D eigenvalue weighted by Crippen LogP contribution is 2.78. The van der Waals surface area contributed by atoms with Crippen LogP contribution in [-0.2, 0) is 42.8 Å². The molecule has 24 heteroatoms. The smallest absolute Gasteiger partial charge is 0.194 e. The van der Waals surface area contributed by atoms with Crippen LogP contribution in [-0.4, -0.2) is 243 Å². The number of aliphatic hydroxyl groups is 14. The largest absolute Gasteiger partial charge is 0.394 e. The SMILES string of the molecule is CC(C)(C=CCC(C)(OC1OC(COC2(C)OC(CO)C(O)C2O)C(O)C(O)C1O)C1(C)CCC2(C)C1C(O)CC1C3(C)CCC(OC4OC(CO)C(O)C(O)C4OC4OC(CO)C(O)C(O)C4O)C(C)(C)C3CCC12C)OO. The Bertz CT molecular complexity index is 2100. The fourth-order valence-electron chi connectivity index (χ4n) is 16.7. The van der Waals surface area contributed by atoms with E-state index in [0.717, 1.165) is 12.8 Å². The molecular formula is C55H94O24. The molecule has 4 aliphatic carbocycles. The van der Waals surface area contributed by atoms with Crippen molar-refractivity contribution < 1.29 is 120 Å². The van der Waals surface area contributed by atoms with Gasteiger partial charge in [0.1, 0.15) is 97.2 Å². The third-order valence-corrected chi connectivity index (χ3v) is 21.8. The Morgan fingerprint density at radius 2 is 1.14 bits per heavy atom. The zero-order valence-corrected chi connectivity index (χ0v) is 47.3. The van der Waals surface area contributed by atoms with Crippen molar-refractivity contribution in [1.29, 1.82) is 0 Å². The summed E-state index contributed by atoms with van der Waals surface area (Å²) in [5.41, 5.74) is -5.17. The first-order valence-corrected chi connectivity index (χ1v) is 28.3. The molecular weight excluding hydrogens is 1040 g/mol. The molecule has 15 N–H and O–H groups in total. The summed E-state index contributed by atoms with van der Waals surface area (Å²) in [5, 5.41) is 162. The minimum Gasteiger partial charge on any atom is -0.394 e. The van der Waals surface area contributed by atoms with Crippen LogP contribution in [0.1, 0.15) is 121 Å². The van der Waals surface area contributed by atoms with Crippen molar-refractivity contribution in [3.05, 3.63) is 12.2 Å². The van der Waals surface area contributed by atoms with Crippen LogP contribution in [0.2, 0.25) is 0 Å². The number of fused-ring (bicyclic) bond motifs is 5. The maximum absolute atomic E-state index is 13.0. The van der Waals surface area contributed by atoms with Gasteiger partial charge in [0.05, 0.1) is 44.2 Å². The van der Waals surface area contributed by atoms with Gasteiger partial charge in [0, 0.05) is 5.41 Å². The molecule has 0 aromatic heterocycles. The molecule has 458 valence electrons. The highest BCUT2D eigenvalue weighted by molar-refractivity contribution is 5.24. The standard InChI is InChI=1S/C55H94O24/c1-48(2,79-70)14-11-15-54(9,78-46-41(68)38(65)35(62)29(74-46)24-71-55(10)44(69)36(63)28(23-58)77-55)53(8)19-18-52(7)43(53)25(59)20-31-50(5)16-13-32(49(3,4)30(50)12-17-51(31,52)6)75-47-42(39(66)34(61)27(22-57)73-47)76-45-40(67)37(64)33(60)26(21-56)72-45/h11,14,25-47,56-70H,12-13,15-24H2,1-10H3. The molecule has 4 saturated heterocycles. The lowest BCUT2D eigenvalue weighted by Gasteiger charge is -2.71. The maximum Gasteiger partial charge on any atom is 0.194 e. The Kier molecular flexibility index (Phi) is 18.5. The van der Waals surface area contributed by atoms with Crippen molar-refractivity contribution in [2.75, 3.05) is 26.4 Å². The van der Waals surface area contributed by atoms with Gasteiger partial charge in [-0.2, -0.15) is 0 Å². The zero-order chi connectivity index (χ0) is 58.5. The summed E-state index contributed by atoms with van der Waals surface area (Å²) >= 11 is 0. The van der Waals surface area contributed by atoms with Gasteiger partial charge in [0.25, 0.3) is 0 Å². The number of hydrogen-bond acceptors (Lipinski definition) is 24. The second kappa shape index (κ2) is 22.9. The first-order valence-electron chi connectivity index (χ1n) is 28.3. The molecule has 79 heavy (non-hydrogen) atoms. The fraction of sp³-hybridized carbons (Fsp3) is 0.964. The van der Waals surface area contributed by atoms with Crippen LogP contribution in [0.3, 0.4) is 0 Å². The van der Waals surface area contributed by atoms with Crippen LogP contribution in [0.5, 0.6) is 0 Å². The number of ether oxygens (including phenoxy) is 8. The van der Waals surface area contributed by atoms with Gasteiger partial charge in [-0.3, -0.25) is 5.26 Å². The Balaban J connectivity index is 1.05. The van der Waals surface area contributed by atoms with E-state index >= 15 is 0 Å². The molecule has 29 unspecified atom stereocenters. The quantitative estimate of drug-likeness (QED) is 0.0348. The van der Waals surface area contributed by atoms with Gasteiger partial charge < -0.3 is 109 Å². The minimum absolute atomic E-state index is 0.00116. The molecule has 29 atom stereocenters. The average molecular weight is 1140 g/mol. The molecule has 4 aliphatic heterocycles. The van der Waals surface area contributed by atoms with E-state index in [-0.39, 0.29) is 29.1 Å². The fourth-order valence-corrected chi connectivity index (χ4v) is 16.7. The molecule has 0 aromatic rings. The molecule has 0 amide bonds. The topological polar surface area (TPSA) is 387 Å². The van der Waals surface area contributed by atoms with Gasteiger partial charge in [0.2, 0.25) is 0 Å². The van der Waals surface area contributed by atoms with Gasteiger partial charge in [-0.15, -0.1) is 0 Å². The molecule has 0 aromatic carbocycles. The molecule has 0 bridgehead atoms. The van der Waals surface area contributed by atoms with Crippen molar-refractivity contribution in [1.82, 2.24) is 0 Å². The summed E-state index contributed by atoms with van der Waals surface area (Å²) in [5.74, 6) is -2.27. The molecule has 4 saturated carbocycles. The lowest BCUT2D eigenvalue weighted by Crippen LogP contribution is -2.69. The maximum atomic E-state index is 13.0. The Hall–Kier alpha value is -1.22. The van der Waals surface area contributed by atoms with Crippen LogP contribution < -0.4 is 0 Å². The summed E-state index contributed by atoms with van der Waals surface area (Å²) in [6, 6.07) is 0. The van der Waals surface area contributed by atoms with Crippen molar-refractivity contribution in [2.45, 2.75) is 260 Å². The van der Waals surface area contributed by atoms with Crippen LogP contribution in [0.25, 0.3) is 0 Å². The van der Waals surface area contributed by atoms with E-state index in [4.69, 9.17) is 42.8 Å². The summed E-state index contributed by atoms with van der Waals surface area (Å²) in [4.78, 5) is 4.74. The van der Waals surface area contributed by atoms with E-state index in [0.29, 0.717) is 32.1 Å². The molecule has 0 spiro atoms. The second-order valence-electron chi connectivity index (χ2n) is 26.9. The van der Waals surface area contributed by atoms with Gasteiger partial charge in [-0.1, -0.05) is 53.7 Å². The van der Waals surface area contributed by atoms with Crippen LogP contribution >= 0.6 is 0 Å². The zero-order valence-electron chi connectivity index (χ0n) is 47.3. The molecule has 8 aliphatic rings. The van der Waals surface area contributed by atoms with Gasteiger partial charge in [-0.25, -0.2) is 4.89 Å². The Labute approximate surface area is 462 Å². The average Bonchev–Trinajstić information content (AvgIpc) is 3.83. The lowest BCUT2D eigenvalue weighted by molar-refractivity contribution is -0.378. The highest BCUT2D eigenvalue weighted by Gasteiger charge is 2.75. The molecule has 4 heterocycles. The summed E-state index contributed by atoms with van der Waals surface area (Å²) in [6.45, 7) is 17.2. The van der Waals surface area contributed by atoms with E-state index in [1.165, 1.54) is 6.92 Å². The van der Waals surface area contributed by atoms with E-state index in [2.05, 4.69) is 41.5 Å². The Morgan fingerprint density at radius 1 is 0.570 bits per heavy atom.